The molecular formula is C15H22N2O2S. The van der Waals surface area contributed by atoms with Gasteiger partial charge in [-0.05, 0) is 29.0 Å². The summed E-state index contributed by atoms with van der Waals surface area (Å²) in [7, 11) is 0. The maximum Gasteiger partial charge on any atom is 0.0897 e. The summed E-state index contributed by atoms with van der Waals surface area (Å²) in [6.45, 7) is 6.50. The zero-order chi connectivity index (χ0) is 14.4. The summed E-state index contributed by atoms with van der Waals surface area (Å²) < 4.78 is 6.61. The molecule has 1 unspecified atom stereocenters. The first-order valence-corrected chi connectivity index (χ1v) is 7.81. The highest BCUT2D eigenvalue weighted by Gasteiger charge is 2.05. The van der Waals surface area contributed by atoms with E-state index in [-0.39, 0.29) is 0 Å². The molecule has 0 spiro atoms. The highest BCUT2D eigenvalue weighted by atomic mass is 32.1. The summed E-state index contributed by atoms with van der Waals surface area (Å²) in [4.78, 5) is 4.39. The van der Waals surface area contributed by atoms with Gasteiger partial charge in [-0.3, -0.25) is 4.98 Å². The molecular weight excluding hydrogens is 272 g/mol. The Labute approximate surface area is 123 Å². The van der Waals surface area contributed by atoms with Crippen LogP contribution in [0.3, 0.4) is 0 Å². The molecule has 2 aromatic rings. The Hall–Kier alpha value is -1.01. The van der Waals surface area contributed by atoms with Gasteiger partial charge in [0.2, 0.25) is 0 Å². The van der Waals surface area contributed by atoms with Crippen molar-refractivity contribution >= 4 is 21.6 Å². The van der Waals surface area contributed by atoms with Crippen molar-refractivity contribution in [2.75, 3.05) is 19.8 Å². The predicted molar refractivity (Wildman–Crippen MR) is 83.0 cm³/mol. The first-order chi connectivity index (χ1) is 9.65. The lowest BCUT2D eigenvalue weighted by atomic mass is 10.2. The van der Waals surface area contributed by atoms with Gasteiger partial charge in [0.25, 0.3) is 0 Å². The molecule has 2 rings (SSSR count). The topological polar surface area (TPSA) is 54.4 Å². The second-order valence-electron chi connectivity index (χ2n) is 5.36. The monoisotopic (exact) mass is 294 g/mol. The average Bonchev–Trinajstić information content (AvgIpc) is 2.85. The Morgan fingerprint density at radius 2 is 2.25 bits per heavy atom. The summed E-state index contributed by atoms with van der Waals surface area (Å²) in [6.07, 6.45) is 1.41. The van der Waals surface area contributed by atoms with Crippen LogP contribution in [-0.2, 0) is 11.3 Å². The molecule has 0 bridgehead atoms. The molecule has 0 fully saturated rings. The van der Waals surface area contributed by atoms with Crippen LogP contribution in [0.2, 0.25) is 0 Å². The Bertz CT molecular complexity index is 527. The Morgan fingerprint density at radius 1 is 1.40 bits per heavy atom. The van der Waals surface area contributed by atoms with Crippen LogP contribution in [0.4, 0.5) is 0 Å². The number of aliphatic hydroxyl groups excluding tert-OH is 1. The molecule has 2 aromatic heterocycles. The molecule has 0 amide bonds. The number of aliphatic hydroxyl groups is 1. The molecule has 4 nitrogen and oxygen atoms in total. The molecule has 0 aliphatic carbocycles. The van der Waals surface area contributed by atoms with Gasteiger partial charge in [0, 0.05) is 25.9 Å². The van der Waals surface area contributed by atoms with E-state index in [1.165, 1.54) is 4.70 Å². The van der Waals surface area contributed by atoms with Gasteiger partial charge in [0.15, 0.2) is 0 Å². The first-order valence-electron chi connectivity index (χ1n) is 6.94. The molecule has 0 saturated carbocycles. The number of aromatic nitrogens is 1. The molecule has 2 heterocycles. The highest BCUT2D eigenvalue weighted by molar-refractivity contribution is 7.17. The van der Waals surface area contributed by atoms with Gasteiger partial charge in [-0.15, -0.1) is 11.3 Å². The van der Waals surface area contributed by atoms with Crippen LogP contribution in [0, 0.1) is 5.92 Å². The van der Waals surface area contributed by atoms with Gasteiger partial charge in [-0.25, -0.2) is 0 Å². The highest BCUT2D eigenvalue weighted by Crippen LogP contribution is 2.19. The van der Waals surface area contributed by atoms with E-state index in [9.17, 15) is 5.11 Å². The van der Waals surface area contributed by atoms with Crippen LogP contribution in [-0.4, -0.2) is 36.0 Å². The van der Waals surface area contributed by atoms with Crippen molar-refractivity contribution in [3.05, 3.63) is 29.3 Å². The lowest BCUT2D eigenvalue weighted by Gasteiger charge is -2.13. The van der Waals surface area contributed by atoms with E-state index in [0.717, 1.165) is 11.1 Å². The summed E-state index contributed by atoms with van der Waals surface area (Å²) in [6, 6.07) is 4.16. The summed E-state index contributed by atoms with van der Waals surface area (Å²) in [5.41, 5.74) is 2.18. The van der Waals surface area contributed by atoms with Gasteiger partial charge >= 0.3 is 0 Å². The molecule has 110 valence electrons. The summed E-state index contributed by atoms with van der Waals surface area (Å²) in [5, 5.41) is 15.1. The molecule has 0 saturated heterocycles. The van der Waals surface area contributed by atoms with Gasteiger partial charge < -0.3 is 15.2 Å². The molecule has 0 aliphatic heterocycles. The molecule has 2 N–H and O–H groups in total. The van der Waals surface area contributed by atoms with Crippen molar-refractivity contribution in [1.82, 2.24) is 10.3 Å². The van der Waals surface area contributed by atoms with Crippen molar-refractivity contribution in [1.29, 1.82) is 0 Å². The van der Waals surface area contributed by atoms with E-state index in [0.29, 0.717) is 32.2 Å². The van der Waals surface area contributed by atoms with E-state index in [4.69, 9.17) is 4.74 Å². The molecule has 0 aromatic carbocycles. The zero-order valence-corrected chi connectivity index (χ0v) is 12.8. The largest absolute Gasteiger partial charge is 0.389 e. The number of fused-ring (bicyclic) bond motifs is 1. The van der Waals surface area contributed by atoms with Crippen LogP contribution >= 0.6 is 11.3 Å². The third kappa shape index (κ3) is 4.83. The Balaban J connectivity index is 1.69. The normalized spacial score (nSPS) is 13.2. The lowest BCUT2D eigenvalue weighted by molar-refractivity contribution is 0.0260. The number of nitrogens with one attached hydrogen (secondary N) is 1. The van der Waals surface area contributed by atoms with Crippen LogP contribution in [0.5, 0.6) is 0 Å². The van der Waals surface area contributed by atoms with Crippen LogP contribution in [0.1, 0.15) is 19.4 Å². The quantitative estimate of drug-likeness (QED) is 0.785. The standard InChI is InChI=1S/C15H22N2O2S/c1-11(2)9-19-10-13(18)8-16-6-12-5-15-14(17-7-12)3-4-20-15/h3-5,7,11,13,16,18H,6,8-10H2,1-2H3. The van der Waals surface area contributed by atoms with E-state index in [1.54, 1.807) is 11.3 Å². The van der Waals surface area contributed by atoms with E-state index < -0.39 is 6.10 Å². The van der Waals surface area contributed by atoms with Gasteiger partial charge in [-0.2, -0.15) is 0 Å². The second-order valence-corrected chi connectivity index (χ2v) is 6.31. The second kappa shape index (κ2) is 7.69. The van der Waals surface area contributed by atoms with Crippen molar-refractivity contribution in [2.24, 2.45) is 5.92 Å². The molecule has 0 radical (unpaired) electrons. The zero-order valence-electron chi connectivity index (χ0n) is 12.0. The van der Waals surface area contributed by atoms with Crippen molar-refractivity contribution in [3.63, 3.8) is 0 Å². The average molecular weight is 294 g/mol. The van der Waals surface area contributed by atoms with E-state index in [1.807, 2.05) is 17.6 Å². The molecule has 5 heteroatoms. The summed E-state index contributed by atoms with van der Waals surface area (Å²) >= 11 is 1.70. The first kappa shape index (κ1) is 15.4. The Kier molecular flexibility index (Phi) is 5.91. The van der Waals surface area contributed by atoms with Crippen molar-refractivity contribution < 1.29 is 9.84 Å². The Morgan fingerprint density at radius 3 is 3.05 bits per heavy atom. The van der Waals surface area contributed by atoms with E-state index >= 15 is 0 Å². The smallest absolute Gasteiger partial charge is 0.0897 e. The fraction of sp³-hybridized carbons (Fsp3) is 0.533. The fourth-order valence-electron chi connectivity index (χ4n) is 1.87. The molecule has 1 atom stereocenters. The lowest BCUT2D eigenvalue weighted by Crippen LogP contribution is -2.30. The number of ether oxygens (including phenoxy) is 1. The van der Waals surface area contributed by atoms with Crippen molar-refractivity contribution in [2.45, 2.75) is 26.5 Å². The van der Waals surface area contributed by atoms with Gasteiger partial charge in [0.05, 0.1) is 22.9 Å². The number of hydrogen-bond donors (Lipinski definition) is 2. The number of rotatable bonds is 8. The number of hydrogen-bond acceptors (Lipinski definition) is 5. The number of nitrogens with zero attached hydrogens (tertiary/aromatic N) is 1. The molecule has 20 heavy (non-hydrogen) atoms. The van der Waals surface area contributed by atoms with Crippen LogP contribution in [0.15, 0.2) is 23.7 Å². The van der Waals surface area contributed by atoms with Gasteiger partial charge in [-0.1, -0.05) is 13.8 Å². The number of pyridine rings is 1. The minimum absolute atomic E-state index is 0.382. The van der Waals surface area contributed by atoms with Crippen LogP contribution in [0.25, 0.3) is 10.2 Å². The summed E-state index contributed by atoms with van der Waals surface area (Å²) in [5.74, 6) is 0.499. The minimum Gasteiger partial charge on any atom is -0.389 e. The third-order valence-electron chi connectivity index (χ3n) is 2.83. The fourth-order valence-corrected chi connectivity index (χ4v) is 2.67. The van der Waals surface area contributed by atoms with Gasteiger partial charge in [0.1, 0.15) is 0 Å². The predicted octanol–water partition coefficient (Wildman–Crippen LogP) is 2.42. The molecule has 0 aliphatic rings. The minimum atomic E-state index is -0.466. The maximum absolute atomic E-state index is 9.78. The van der Waals surface area contributed by atoms with Crippen LogP contribution < -0.4 is 5.32 Å². The number of thiophene rings is 1. The SMILES string of the molecule is CC(C)COCC(O)CNCc1cnc2ccsc2c1. The van der Waals surface area contributed by atoms with E-state index in [2.05, 4.69) is 30.2 Å². The third-order valence-corrected chi connectivity index (χ3v) is 3.68. The maximum atomic E-state index is 9.78. The van der Waals surface area contributed by atoms with Crippen molar-refractivity contribution in [3.8, 4) is 0 Å².